The highest BCUT2D eigenvalue weighted by Gasteiger charge is 2.23. The summed E-state index contributed by atoms with van der Waals surface area (Å²) in [6.45, 7) is 0. The first-order valence-electron chi connectivity index (χ1n) is 11.7. The molecule has 1 nitrogen and oxygen atoms in total. The first kappa shape index (κ1) is 18.0. The van der Waals surface area contributed by atoms with Crippen LogP contribution < -0.4 is 0 Å². The third-order valence-electron chi connectivity index (χ3n) is 7.45. The van der Waals surface area contributed by atoms with Crippen molar-refractivity contribution in [3.8, 4) is 33.4 Å². The molecule has 0 fully saturated rings. The highest BCUT2D eigenvalue weighted by Crippen LogP contribution is 2.50. The van der Waals surface area contributed by atoms with Crippen LogP contribution in [0.2, 0.25) is 0 Å². The van der Waals surface area contributed by atoms with Gasteiger partial charge in [0.15, 0.2) is 0 Å². The van der Waals surface area contributed by atoms with E-state index < -0.39 is 0 Å². The van der Waals surface area contributed by atoms with Crippen LogP contribution in [-0.2, 0) is 0 Å². The standard InChI is InChI=1S/C33H19N/c1-4-11-23-20(8-1)26-13-7-14-27-30-18-28(24-16-17-34-32-15-6-5-12-25(24)32)21-9-2-3-10-22(21)29(30)19-31(23)33(26)27/h1-19H. The van der Waals surface area contributed by atoms with E-state index in [1.54, 1.807) is 0 Å². The molecule has 1 aromatic heterocycles. The number of pyridine rings is 1. The molecule has 0 aliphatic heterocycles. The molecule has 34 heavy (non-hydrogen) atoms. The molecule has 1 heteroatoms. The maximum absolute atomic E-state index is 4.61. The highest BCUT2D eigenvalue weighted by atomic mass is 14.6. The smallest absolute Gasteiger partial charge is 0.0708 e. The lowest BCUT2D eigenvalue weighted by molar-refractivity contribution is 1.41. The summed E-state index contributed by atoms with van der Waals surface area (Å²) < 4.78 is 0. The number of para-hydroxylation sites is 1. The monoisotopic (exact) mass is 429 g/mol. The molecule has 0 amide bonds. The summed E-state index contributed by atoms with van der Waals surface area (Å²) in [6.07, 6.45) is 1.93. The number of rotatable bonds is 1. The van der Waals surface area contributed by atoms with Crippen LogP contribution in [0.1, 0.15) is 0 Å². The Labute approximate surface area is 196 Å². The van der Waals surface area contributed by atoms with Crippen LogP contribution >= 0.6 is 0 Å². The van der Waals surface area contributed by atoms with Crippen LogP contribution in [-0.4, -0.2) is 4.98 Å². The fraction of sp³-hybridized carbons (Fsp3) is 0. The van der Waals surface area contributed by atoms with Crippen molar-refractivity contribution in [1.82, 2.24) is 4.98 Å². The van der Waals surface area contributed by atoms with Gasteiger partial charge in [-0.1, -0.05) is 84.9 Å². The fourth-order valence-electron chi connectivity index (χ4n) is 6.00. The van der Waals surface area contributed by atoms with Crippen LogP contribution in [0.3, 0.4) is 0 Å². The van der Waals surface area contributed by atoms with Crippen molar-refractivity contribution < 1.29 is 0 Å². The number of aromatic nitrogens is 1. The summed E-state index contributed by atoms with van der Waals surface area (Å²) in [7, 11) is 0. The summed E-state index contributed by atoms with van der Waals surface area (Å²) in [5.41, 5.74) is 8.88. The molecular formula is C33H19N. The lowest BCUT2D eigenvalue weighted by Gasteiger charge is -2.15. The van der Waals surface area contributed by atoms with Crippen LogP contribution in [0.5, 0.6) is 0 Å². The van der Waals surface area contributed by atoms with Gasteiger partial charge in [-0.25, -0.2) is 0 Å². The molecule has 7 aromatic rings. The molecule has 1 heterocycles. The Bertz CT molecular complexity index is 1960. The van der Waals surface area contributed by atoms with E-state index in [0.717, 1.165) is 5.52 Å². The van der Waals surface area contributed by atoms with Crippen molar-refractivity contribution in [3.05, 3.63) is 115 Å². The number of benzene rings is 6. The van der Waals surface area contributed by atoms with Gasteiger partial charge in [-0.3, -0.25) is 4.98 Å². The summed E-state index contributed by atoms with van der Waals surface area (Å²) in [5.74, 6) is 0. The molecule has 156 valence electrons. The van der Waals surface area contributed by atoms with Gasteiger partial charge in [0.2, 0.25) is 0 Å². The minimum atomic E-state index is 1.03. The van der Waals surface area contributed by atoms with Crippen molar-refractivity contribution in [2.24, 2.45) is 0 Å². The Morgan fingerprint density at radius 3 is 1.85 bits per heavy atom. The van der Waals surface area contributed by atoms with E-state index in [1.807, 2.05) is 6.20 Å². The Morgan fingerprint density at radius 1 is 0.353 bits per heavy atom. The van der Waals surface area contributed by atoms with Crippen LogP contribution in [0, 0.1) is 0 Å². The SMILES string of the molecule is c1ccc2c(c1)-c1cccc3c1c-2cc1c2ccccc2c(-c2ccnc4ccccc24)cc31. The molecule has 0 saturated carbocycles. The molecule has 0 atom stereocenters. The van der Waals surface area contributed by atoms with E-state index in [0.29, 0.717) is 0 Å². The van der Waals surface area contributed by atoms with Gasteiger partial charge in [-0.15, -0.1) is 0 Å². The number of hydrogen-bond donors (Lipinski definition) is 0. The molecule has 6 aromatic carbocycles. The molecule has 0 bridgehead atoms. The van der Waals surface area contributed by atoms with Crippen LogP contribution in [0.4, 0.5) is 0 Å². The second-order valence-electron chi connectivity index (χ2n) is 9.14. The Kier molecular flexibility index (Phi) is 3.45. The normalized spacial score (nSPS) is 12.1. The quantitative estimate of drug-likeness (QED) is 0.237. The van der Waals surface area contributed by atoms with Gasteiger partial charge in [-0.2, -0.15) is 0 Å². The minimum absolute atomic E-state index is 1.03. The van der Waals surface area contributed by atoms with Gasteiger partial charge in [-0.05, 0) is 90.0 Å². The Balaban J connectivity index is 1.59. The number of hydrogen-bond acceptors (Lipinski definition) is 1. The van der Waals surface area contributed by atoms with Crippen molar-refractivity contribution in [3.63, 3.8) is 0 Å². The largest absolute Gasteiger partial charge is 0.256 e. The molecule has 1 aliphatic carbocycles. The predicted octanol–water partition coefficient (Wildman–Crippen LogP) is 9.01. The first-order chi connectivity index (χ1) is 16.9. The molecule has 1 aliphatic rings. The van der Waals surface area contributed by atoms with Gasteiger partial charge < -0.3 is 0 Å². The minimum Gasteiger partial charge on any atom is -0.256 e. The third-order valence-corrected chi connectivity index (χ3v) is 7.45. The maximum Gasteiger partial charge on any atom is 0.0708 e. The fourth-order valence-corrected chi connectivity index (χ4v) is 6.00. The number of nitrogens with zero attached hydrogens (tertiary/aromatic N) is 1. The Morgan fingerprint density at radius 2 is 0.971 bits per heavy atom. The van der Waals surface area contributed by atoms with Crippen LogP contribution in [0.25, 0.3) is 76.6 Å². The topological polar surface area (TPSA) is 12.9 Å². The molecule has 8 rings (SSSR count). The lowest BCUT2D eigenvalue weighted by atomic mass is 9.88. The molecule has 0 spiro atoms. The molecular weight excluding hydrogens is 410 g/mol. The van der Waals surface area contributed by atoms with E-state index in [1.165, 1.54) is 71.1 Å². The van der Waals surface area contributed by atoms with E-state index in [4.69, 9.17) is 0 Å². The molecule has 0 radical (unpaired) electrons. The Hall–Kier alpha value is -4.49. The van der Waals surface area contributed by atoms with E-state index >= 15 is 0 Å². The lowest BCUT2D eigenvalue weighted by Crippen LogP contribution is -1.89. The predicted molar refractivity (Wildman–Crippen MR) is 144 cm³/mol. The zero-order chi connectivity index (χ0) is 22.2. The number of fused-ring (bicyclic) bond motifs is 8. The van der Waals surface area contributed by atoms with E-state index in [-0.39, 0.29) is 0 Å². The van der Waals surface area contributed by atoms with Gasteiger partial charge in [0.25, 0.3) is 0 Å². The first-order valence-corrected chi connectivity index (χ1v) is 11.7. The van der Waals surface area contributed by atoms with Crippen molar-refractivity contribution in [2.75, 3.05) is 0 Å². The maximum atomic E-state index is 4.61. The molecule has 0 N–H and O–H groups in total. The second kappa shape index (κ2) is 6.52. The average molecular weight is 430 g/mol. The zero-order valence-electron chi connectivity index (χ0n) is 18.4. The van der Waals surface area contributed by atoms with Crippen molar-refractivity contribution in [2.45, 2.75) is 0 Å². The zero-order valence-corrected chi connectivity index (χ0v) is 18.4. The molecule has 0 unspecified atom stereocenters. The van der Waals surface area contributed by atoms with Crippen LogP contribution in [0.15, 0.2) is 115 Å². The van der Waals surface area contributed by atoms with Gasteiger partial charge in [0, 0.05) is 11.6 Å². The summed E-state index contributed by atoms with van der Waals surface area (Å²) in [6, 6.07) is 39.8. The van der Waals surface area contributed by atoms with E-state index in [9.17, 15) is 0 Å². The van der Waals surface area contributed by atoms with Crippen molar-refractivity contribution in [1.29, 1.82) is 0 Å². The average Bonchev–Trinajstić information content (AvgIpc) is 3.23. The van der Waals surface area contributed by atoms with Crippen molar-refractivity contribution >= 4 is 43.2 Å². The second-order valence-corrected chi connectivity index (χ2v) is 9.14. The van der Waals surface area contributed by atoms with Gasteiger partial charge in [0.05, 0.1) is 5.52 Å². The summed E-state index contributed by atoms with van der Waals surface area (Å²) >= 11 is 0. The van der Waals surface area contributed by atoms with Gasteiger partial charge in [0.1, 0.15) is 0 Å². The van der Waals surface area contributed by atoms with E-state index in [2.05, 4.69) is 114 Å². The summed E-state index contributed by atoms with van der Waals surface area (Å²) in [5, 5.41) is 9.08. The van der Waals surface area contributed by atoms with Gasteiger partial charge >= 0.3 is 0 Å². The molecule has 0 saturated heterocycles. The highest BCUT2D eigenvalue weighted by molar-refractivity contribution is 6.29. The third kappa shape index (κ3) is 2.26. The summed E-state index contributed by atoms with van der Waals surface area (Å²) in [4.78, 5) is 4.61.